The highest BCUT2D eigenvalue weighted by atomic mass is 35.5. The number of anilines is 1. The molecule has 7 nitrogen and oxygen atoms in total. The molecule has 1 aromatic carbocycles. The van der Waals surface area contributed by atoms with Crippen LogP contribution in [-0.4, -0.2) is 28.8 Å². The Labute approximate surface area is 170 Å². The van der Waals surface area contributed by atoms with E-state index in [4.69, 9.17) is 16.3 Å². The lowest BCUT2D eigenvalue weighted by molar-refractivity contribution is -0.116. The van der Waals surface area contributed by atoms with Gasteiger partial charge in [0.1, 0.15) is 11.2 Å². The van der Waals surface area contributed by atoms with Crippen molar-refractivity contribution in [2.75, 3.05) is 19.0 Å². The number of hydrogen-bond donors (Lipinski definition) is 1. The standard InChI is InChI=1S/C19H20ClN3O4S/c1-12-13(20)5-3-6-14(12)21-16(24)11-23-15-7-10-28-17(15)18(25)22(19(23)26)8-4-9-27-2/h3,5-7,10H,4,8-9,11H2,1-2H3,(H,21,24). The van der Waals surface area contributed by atoms with Gasteiger partial charge in [-0.05, 0) is 42.5 Å². The summed E-state index contributed by atoms with van der Waals surface area (Å²) < 4.78 is 7.94. The minimum atomic E-state index is -0.509. The molecule has 0 aliphatic carbocycles. The van der Waals surface area contributed by atoms with Crippen LogP contribution in [0.3, 0.4) is 0 Å². The van der Waals surface area contributed by atoms with Gasteiger partial charge in [0.25, 0.3) is 5.56 Å². The maximum atomic E-state index is 12.9. The number of amides is 1. The number of thiophene rings is 1. The lowest BCUT2D eigenvalue weighted by Gasteiger charge is -2.13. The molecule has 148 valence electrons. The normalized spacial score (nSPS) is 11.1. The van der Waals surface area contributed by atoms with Crippen LogP contribution in [0.25, 0.3) is 10.2 Å². The van der Waals surface area contributed by atoms with E-state index in [1.807, 2.05) is 0 Å². The zero-order chi connectivity index (χ0) is 20.3. The first-order valence-electron chi connectivity index (χ1n) is 8.68. The molecule has 9 heteroatoms. The molecule has 3 rings (SSSR count). The van der Waals surface area contributed by atoms with Crippen LogP contribution in [0.1, 0.15) is 12.0 Å². The number of hydrogen-bond acceptors (Lipinski definition) is 5. The largest absolute Gasteiger partial charge is 0.385 e. The molecule has 2 aromatic heterocycles. The fourth-order valence-electron chi connectivity index (χ4n) is 2.93. The van der Waals surface area contributed by atoms with Gasteiger partial charge in [0.05, 0.1) is 5.52 Å². The average Bonchev–Trinajstić information content (AvgIpc) is 3.15. The van der Waals surface area contributed by atoms with Crippen molar-refractivity contribution in [2.24, 2.45) is 0 Å². The highest BCUT2D eigenvalue weighted by molar-refractivity contribution is 7.17. The average molecular weight is 422 g/mol. The Bertz CT molecular complexity index is 1130. The summed E-state index contributed by atoms with van der Waals surface area (Å²) in [7, 11) is 1.56. The molecule has 0 unspecified atom stereocenters. The first-order valence-corrected chi connectivity index (χ1v) is 9.94. The summed E-state index contributed by atoms with van der Waals surface area (Å²) in [5.74, 6) is -0.373. The molecule has 2 heterocycles. The topological polar surface area (TPSA) is 82.3 Å². The molecule has 0 aliphatic rings. The fourth-order valence-corrected chi connectivity index (χ4v) is 3.94. The Hall–Kier alpha value is -2.42. The second kappa shape index (κ2) is 8.72. The van der Waals surface area contributed by atoms with Crippen molar-refractivity contribution in [1.82, 2.24) is 9.13 Å². The van der Waals surface area contributed by atoms with E-state index in [1.54, 1.807) is 43.7 Å². The van der Waals surface area contributed by atoms with E-state index in [1.165, 1.54) is 15.9 Å². The summed E-state index contributed by atoms with van der Waals surface area (Å²) in [6, 6.07) is 6.90. The van der Waals surface area contributed by atoms with E-state index in [-0.39, 0.29) is 24.6 Å². The Morgan fingerprint density at radius 1 is 1.25 bits per heavy atom. The first-order chi connectivity index (χ1) is 13.4. The third kappa shape index (κ3) is 4.04. The van der Waals surface area contributed by atoms with Crippen LogP contribution in [0.4, 0.5) is 5.69 Å². The summed E-state index contributed by atoms with van der Waals surface area (Å²) in [4.78, 5) is 38.1. The number of fused-ring (bicyclic) bond motifs is 1. The van der Waals surface area contributed by atoms with Crippen LogP contribution in [0.5, 0.6) is 0 Å². The third-order valence-corrected chi connectivity index (χ3v) is 5.71. The van der Waals surface area contributed by atoms with Crippen LogP contribution in [0.2, 0.25) is 5.02 Å². The number of benzene rings is 1. The number of ether oxygens (including phenoxy) is 1. The molecule has 0 atom stereocenters. The molecule has 0 spiro atoms. The number of halogens is 1. The molecule has 0 aliphatic heterocycles. The predicted octanol–water partition coefficient (Wildman–Crippen LogP) is 2.86. The van der Waals surface area contributed by atoms with E-state index < -0.39 is 5.69 Å². The Morgan fingerprint density at radius 3 is 2.79 bits per heavy atom. The van der Waals surface area contributed by atoms with E-state index in [9.17, 15) is 14.4 Å². The number of nitrogens with zero attached hydrogens (tertiary/aromatic N) is 2. The molecule has 0 saturated heterocycles. The number of carbonyl (C=O) groups is 1. The van der Waals surface area contributed by atoms with Crippen LogP contribution in [0, 0.1) is 6.92 Å². The van der Waals surface area contributed by atoms with Crippen LogP contribution < -0.4 is 16.6 Å². The van der Waals surface area contributed by atoms with Gasteiger partial charge < -0.3 is 10.1 Å². The highest BCUT2D eigenvalue weighted by Gasteiger charge is 2.17. The van der Waals surface area contributed by atoms with Gasteiger partial charge in [-0.2, -0.15) is 0 Å². The number of aromatic nitrogens is 2. The minimum Gasteiger partial charge on any atom is -0.385 e. The number of nitrogens with one attached hydrogen (secondary N) is 1. The van der Waals surface area contributed by atoms with Crippen molar-refractivity contribution in [2.45, 2.75) is 26.4 Å². The molecular formula is C19H20ClN3O4S. The van der Waals surface area contributed by atoms with Gasteiger partial charge in [-0.1, -0.05) is 17.7 Å². The van der Waals surface area contributed by atoms with Gasteiger partial charge in [-0.3, -0.25) is 18.7 Å². The van der Waals surface area contributed by atoms with Crippen molar-refractivity contribution in [3.63, 3.8) is 0 Å². The first kappa shape index (κ1) is 20.3. The van der Waals surface area contributed by atoms with Gasteiger partial charge in [0.15, 0.2) is 0 Å². The van der Waals surface area contributed by atoms with Crippen LogP contribution >= 0.6 is 22.9 Å². The van der Waals surface area contributed by atoms with Gasteiger partial charge >= 0.3 is 5.69 Å². The van der Waals surface area contributed by atoms with Gasteiger partial charge in [-0.25, -0.2) is 4.79 Å². The lowest BCUT2D eigenvalue weighted by atomic mass is 10.2. The number of rotatable bonds is 7. The predicted molar refractivity (Wildman–Crippen MR) is 112 cm³/mol. The molecule has 0 saturated carbocycles. The van der Waals surface area contributed by atoms with Crippen LogP contribution in [-0.2, 0) is 22.6 Å². The Morgan fingerprint density at radius 2 is 2.04 bits per heavy atom. The van der Waals surface area contributed by atoms with E-state index in [0.717, 1.165) is 10.1 Å². The molecule has 1 amide bonds. The van der Waals surface area contributed by atoms with Crippen LogP contribution in [0.15, 0.2) is 39.2 Å². The SMILES string of the molecule is COCCCn1c(=O)c2sccc2n(CC(=O)Nc2cccc(Cl)c2C)c1=O. The van der Waals surface area contributed by atoms with E-state index >= 15 is 0 Å². The maximum absolute atomic E-state index is 12.9. The second-order valence-electron chi connectivity index (χ2n) is 6.27. The quantitative estimate of drug-likeness (QED) is 0.595. The summed E-state index contributed by atoms with van der Waals surface area (Å²) in [5.41, 5.74) is 0.940. The van der Waals surface area contributed by atoms with E-state index in [2.05, 4.69) is 5.32 Å². The van der Waals surface area contributed by atoms with Gasteiger partial charge in [0, 0.05) is 31.0 Å². The lowest BCUT2D eigenvalue weighted by Crippen LogP contribution is -2.41. The third-order valence-electron chi connectivity index (χ3n) is 4.41. The van der Waals surface area contributed by atoms with Crippen molar-refractivity contribution in [3.8, 4) is 0 Å². The number of methoxy groups -OCH3 is 1. The molecular weight excluding hydrogens is 402 g/mol. The summed E-state index contributed by atoms with van der Waals surface area (Å²) in [5, 5.41) is 5.06. The second-order valence-corrected chi connectivity index (χ2v) is 7.59. The Kier molecular flexibility index (Phi) is 6.33. The molecule has 1 N–H and O–H groups in total. The molecule has 28 heavy (non-hydrogen) atoms. The van der Waals surface area contributed by atoms with Crippen molar-refractivity contribution in [3.05, 3.63) is 61.1 Å². The minimum absolute atomic E-state index is 0.206. The molecule has 3 aromatic rings. The van der Waals surface area contributed by atoms with Crippen molar-refractivity contribution in [1.29, 1.82) is 0 Å². The summed E-state index contributed by atoms with van der Waals surface area (Å²) >= 11 is 7.34. The molecule has 0 fully saturated rings. The number of carbonyl (C=O) groups excluding carboxylic acids is 1. The van der Waals surface area contributed by atoms with Crippen molar-refractivity contribution < 1.29 is 9.53 Å². The Balaban J connectivity index is 1.94. The summed E-state index contributed by atoms with van der Waals surface area (Å²) in [6.45, 7) is 2.26. The fraction of sp³-hybridized carbons (Fsp3) is 0.316. The maximum Gasteiger partial charge on any atom is 0.332 e. The van der Waals surface area contributed by atoms with E-state index in [0.29, 0.717) is 34.0 Å². The van der Waals surface area contributed by atoms with Gasteiger partial charge in [-0.15, -0.1) is 11.3 Å². The smallest absolute Gasteiger partial charge is 0.332 e. The highest BCUT2D eigenvalue weighted by Crippen LogP contribution is 2.23. The van der Waals surface area contributed by atoms with Gasteiger partial charge in [0.2, 0.25) is 5.91 Å². The zero-order valence-corrected chi connectivity index (χ0v) is 17.1. The molecule has 0 radical (unpaired) electrons. The zero-order valence-electron chi connectivity index (χ0n) is 15.5. The van der Waals surface area contributed by atoms with Crippen molar-refractivity contribution >= 4 is 44.7 Å². The summed E-state index contributed by atoms with van der Waals surface area (Å²) in [6.07, 6.45) is 0.524. The monoisotopic (exact) mass is 421 g/mol. The molecule has 0 bridgehead atoms.